The SMILES string of the molecule is CC(=O)OC[C@H]1O[C@H](SC(c2ccccc2)(c2ccccc2)c2ccccc2)[C@@H](OC(C)=O)[C@@H](OC(C)=O)[C@@H]1OC(C)=O. The summed E-state index contributed by atoms with van der Waals surface area (Å²) >= 11 is 1.34. The maximum atomic E-state index is 12.5. The Bertz CT molecular complexity index is 1300. The van der Waals surface area contributed by atoms with Crippen LogP contribution in [0.2, 0.25) is 0 Å². The summed E-state index contributed by atoms with van der Waals surface area (Å²) in [5, 5.41) is 0. The molecule has 1 aliphatic heterocycles. The van der Waals surface area contributed by atoms with Crippen molar-refractivity contribution in [2.75, 3.05) is 6.61 Å². The van der Waals surface area contributed by atoms with Crippen LogP contribution in [0.5, 0.6) is 0 Å². The molecule has 43 heavy (non-hydrogen) atoms. The topological polar surface area (TPSA) is 114 Å². The maximum Gasteiger partial charge on any atom is 0.303 e. The summed E-state index contributed by atoms with van der Waals surface area (Å²) in [7, 11) is 0. The molecule has 0 saturated carbocycles. The van der Waals surface area contributed by atoms with E-state index in [1.165, 1.54) is 39.5 Å². The second-order valence-electron chi connectivity index (χ2n) is 9.96. The molecule has 1 saturated heterocycles. The average molecular weight is 607 g/mol. The maximum absolute atomic E-state index is 12.5. The Morgan fingerprint density at radius 2 is 1.00 bits per heavy atom. The third kappa shape index (κ3) is 7.63. The first-order chi connectivity index (χ1) is 20.6. The van der Waals surface area contributed by atoms with Crippen molar-refractivity contribution in [3.8, 4) is 0 Å². The minimum atomic E-state index is -1.27. The highest BCUT2D eigenvalue weighted by molar-refractivity contribution is 8.01. The normalized spacial score (nSPS) is 21.7. The van der Waals surface area contributed by atoms with Gasteiger partial charge in [0.25, 0.3) is 0 Å². The van der Waals surface area contributed by atoms with Gasteiger partial charge in [-0.3, -0.25) is 19.2 Å². The van der Waals surface area contributed by atoms with Gasteiger partial charge in [0, 0.05) is 27.7 Å². The van der Waals surface area contributed by atoms with Gasteiger partial charge in [-0.15, -0.1) is 11.8 Å². The highest BCUT2D eigenvalue weighted by atomic mass is 32.2. The lowest BCUT2D eigenvalue weighted by molar-refractivity contribution is -0.237. The fourth-order valence-electron chi connectivity index (χ4n) is 5.18. The van der Waals surface area contributed by atoms with Crippen LogP contribution in [0.1, 0.15) is 44.4 Å². The van der Waals surface area contributed by atoms with E-state index in [9.17, 15) is 19.2 Å². The van der Waals surface area contributed by atoms with Crippen LogP contribution in [0.3, 0.4) is 0 Å². The molecular formula is C33H34O9S. The number of esters is 4. The van der Waals surface area contributed by atoms with Gasteiger partial charge in [-0.25, -0.2) is 0 Å². The van der Waals surface area contributed by atoms with Crippen molar-refractivity contribution in [1.82, 2.24) is 0 Å². The van der Waals surface area contributed by atoms with E-state index in [1.807, 2.05) is 91.0 Å². The van der Waals surface area contributed by atoms with Crippen molar-refractivity contribution in [3.05, 3.63) is 108 Å². The van der Waals surface area contributed by atoms with E-state index >= 15 is 0 Å². The monoisotopic (exact) mass is 606 g/mol. The molecule has 0 radical (unpaired) electrons. The van der Waals surface area contributed by atoms with Crippen molar-refractivity contribution < 1.29 is 42.9 Å². The van der Waals surface area contributed by atoms with Crippen molar-refractivity contribution in [1.29, 1.82) is 0 Å². The average Bonchev–Trinajstić information content (AvgIpc) is 2.98. The molecule has 0 unspecified atom stereocenters. The number of carbonyl (C=O) groups excluding carboxylic acids is 4. The van der Waals surface area contributed by atoms with Crippen LogP contribution >= 0.6 is 11.8 Å². The molecule has 0 aromatic heterocycles. The number of hydrogen-bond donors (Lipinski definition) is 0. The minimum absolute atomic E-state index is 0.302. The molecule has 5 atom stereocenters. The molecule has 226 valence electrons. The molecule has 0 amide bonds. The summed E-state index contributed by atoms with van der Waals surface area (Å²) in [5.74, 6) is -2.59. The van der Waals surface area contributed by atoms with Gasteiger partial charge in [0.1, 0.15) is 18.1 Å². The van der Waals surface area contributed by atoms with E-state index < -0.39 is 58.5 Å². The quantitative estimate of drug-likeness (QED) is 0.181. The van der Waals surface area contributed by atoms with E-state index in [0.717, 1.165) is 16.7 Å². The van der Waals surface area contributed by atoms with Gasteiger partial charge in [-0.1, -0.05) is 91.0 Å². The first-order valence-corrected chi connectivity index (χ1v) is 14.6. The lowest BCUT2D eigenvalue weighted by Gasteiger charge is -2.47. The smallest absolute Gasteiger partial charge is 0.303 e. The Kier molecular flexibility index (Phi) is 10.6. The minimum Gasteiger partial charge on any atom is -0.463 e. The Hall–Kier alpha value is -4.15. The number of benzene rings is 3. The molecule has 3 aromatic rings. The van der Waals surface area contributed by atoms with Gasteiger partial charge in [0.2, 0.25) is 0 Å². The standard InChI is InChI=1S/C33H34O9S/c1-21(34)38-20-28-29(39-22(2)35)30(40-23(3)36)31(41-24(4)37)32(42-28)43-33(25-14-8-5-9-15-25,26-16-10-6-11-17-26)27-18-12-7-13-19-27/h5-19,28-32H,20H2,1-4H3/t28-,29-,30+,31+,32-/m1/s1. The molecule has 0 spiro atoms. The van der Waals surface area contributed by atoms with Crippen molar-refractivity contribution in [2.24, 2.45) is 0 Å². The van der Waals surface area contributed by atoms with Crippen LogP contribution in [-0.2, 0) is 47.6 Å². The number of ether oxygens (including phenoxy) is 5. The predicted octanol–water partition coefficient (Wildman–Crippen LogP) is 4.79. The zero-order chi connectivity index (χ0) is 31.0. The summed E-state index contributed by atoms with van der Waals surface area (Å²) in [6.45, 7) is 4.57. The molecule has 1 fully saturated rings. The van der Waals surface area contributed by atoms with Gasteiger partial charge in [-0.05, 0) is 16.7 Å². The lowest BCUT2D eigenvalue weighted by Crippen LogP contribution is -2.62. The van der Waals surface area contributed by atoms with E-state index in [0.29, 0.717) is 0 Å². The van der Waals surface area contributed by atoms with E-state index in [1.54, 1.807) is 0 Å². The van der Waals surface area contributed by atoms with Crippen LogP contribution in [-0.4, -0.2) is 60.3 Å². The molecule has 0 bridgehead atoms. The molecule has 0 N–H and O–H groups in total. The Morgan fingerprint density at radius 3 is 1.40 bits per heavy atom. The van der Waals surface area contributed by atoms with Gasteiger partial charge in [0.05, 0.1) is 4.75 Å². The van der Waals surface area contributed by atoms with E-state index in [4.69, 9.17) is 23.7 Å². The van der Waals surface area contributed by atoms with Crippen molar-refractivity contribution in [3.63, 3.8) is 0 Å². The first kappa shape index (κ1) is 31.8. The summed E-state index contributed by atoms with van der Waals surface area (Å²) in [6, 6.07) is 29.4. The Morgan fingerprint density at radius 1 is 0.605 bits per heavy atom. The zero-order valence-electron chi connectivity index (χ0n) is 24.3. The van der Waals surface area contributed by atoms with Crippen LogP contribution in [0.15, 0.2) is 91.0 Å². The van der Waals surface area contributed by atoms with Crippen molar-refractivity contribution in [2.45, 2.75) is 62.3 Å². The Balaban J connectivity index is 1.93. The molecule has 4 rings (SSSR count). The summed E-state index contributed by atoms with van der Waals surface area (Å²) < 4.78 is 27.9. The molecule has 0 aliphatic carbocycles. The highest BCUT2D eigenvalue weighted by Crippen LogP contribution is 2.52. The first-order valence-electron chi connectivity index (χ1n) is 13.8. The molecule has 9 nitrogen and oxygen atoms in total. The molecule has 10 heteroatoms. The number of hydrogen-bond acceptors (Lipinski definition) is 10. The van der Waals surface area contributed by atoms with Crippen LogP contribution in [0.4, 0.5) is 0 Å². The summed E-state index contributed by atoms with van der Waals surface area (Å²) in [6.07, 6.45) is -4.76. The third-order valence-electron chi connectivity index (χ3n) is 6.78. The van der Waals surface area contributed by atoms with Gasteiger partial charge in [-0.2, -0.15) is 0 Å². The number of rotatable bonds is 10. The van der Waals surface area contributed by atoms with Crippen LogP contribution < -0.4 is 0 Å². The predicted molar refractivity (Wildman–Crippen MR) is 159 cm³/mol. The molecule has 3 aromatic carbocycles. The van der Waals surface area contributed by atoms with Gasteiger partial charge >= 0.3 is 23.9 Å². The van der Waals surface area contributed by atoms with E-state index in [-0.39, 0.29) is 6.61 Å². The lowest BCUT2D eigenvalue weighted by atomic mass is 9.84. The second kappa shape index (κ2) is 14.3. The largest absolute Gasteiger partial charge is 0.463 e. The van der Waals surface area contributed by atoms with Crippen molar-refractivity contribution >= 4 is 35.6 Å². The zero-order valence-corrected chi connectivity index (χ0v) is 25.2. The van der Waals surface area contributed by atoms with Crippen LogP contribution in [0.25, 0.3) is 0 Å². The molecule has 1 heterocycles. The number of thioether (sulfide) groups is 1. The number of carbonyl (C=O) groups is 4. The highest BCUT2D eigenvalue weighted by Gasteiger charge is 2.55. The summed E-state index contributed by atoms with van der Waals surface area (Å²) in [5.41, 5.74) is 1.72. The fourth-order valence-corrected chi connectivity index (χ4v) is 6.89. The summed E-state index contributed by atoms with van der Waals surface area (Å²) in [4.78, 5) is 48.8. The molecular weight excluding hydrogens is 572 g/mol. The second-order valence-corrected chi connectivity index (χ2v) is 11.3. The van der Waals surface area contributed by atoms with E-state index in [2.05, 4.69) is 0 Å². The Labute approximate surface area is 254 Å². The van der Waals surface area contributed by atoms with Crippen LogP contribution in [0, 0.1) is 0 Å². The molecule has 1 aliphatic rings. The third-order valence-corrected chi connectivity index (χ3v) is 8.45. The van der Waals surface area contributed by atoms with Gasteiger partial charge < -0.3 is 23.7 Å². The fraction of sp³-hybridized carbons (Fsp3) is 0.333. The van der Waals surface area contributed by atoms with Gasteiger partial charge in [0.15, 0.2) is 18.3 Å².